The minimum Gasteiger partial charge on any atom is -0.381 e. The van der Waals surface area contributed by atoms with Crippen molar-refractivity contribution in [3.63, 3.8) is 0 Å². The third-order valence-electron chi connectivity index (χ3n) is 2.67. The topological polar surface area (TPSA) is 29.9 Å². The first-order chi connectivity index (χ1) is 8.58. The van der Waals surface area contributed by atoms with Gasteiger partial charge < -0.3 is 5.32 Å². The van der Waals surface area contributed by atoms with E-state index >= 15 is 0 Å². The fraction of sp³-hybridized carbons (Fsp3) is 0.308. The number of anilines is 1. The second-order valence-electron chi connectivity index (χ2n) is 4.14. The molecule has 5 heteroatoms. The highest BCUT2D eigenvalue weighted by atomic mass is 35.5. The van der Waals surface area contributed by atoms with Crippen LogP contribution in [0.2, 0.25) is 5.02 Å². The quantitative estimate of drug-likeness (QED) is 0.920. The van der Waals surface area contributed by atoms with Crippen molar-refractivity contribution in [3.05, 3.63) is 46.5 Å². The standard InChI is InChI=1S/C13H15ClFN3/c1-3-13-9(8-18(2)17-13)7-16-12-5-10(14)4-11(15)6-12/h4-6,8,16H,3,7H2,1-2H3. The molecule has 0 aliphatic carbocycles. The molecule has 0 unspecified atom stereocenters. The maximum atomic E-state index is 13.2. The van der Waals surface area contributed by atoms with Gasteiger partial charge in [-0.1, -0.05) is 18.5 Å². The smallest absolute Gasteiger partial charge is 0.126 e. The molecular weight excluding hydrogens is 253 g/mol. The van der Waals surface area contributed by atoms with Crippen LogP contribution in [0.15, 0.2) is 24.4 Å². The number of rotatable bonds is 4. The van der Waals surface area contributed by atoms with E-state index in [1.807, 2.05) is 13.2 Å². The zero-order valence-corrected chi connectivity index (χ0v) is 11.1. The highest BCUT2D eigenvalue weighted by Crippen LogP contribution is 2.19. The number of aromatic nitrogens is 2. The minimum absolute atomic E-state index is 0.341. The first-order valence-electron chi connectivity index (χ1n) is 5.80. The highest BCUT2D eigenvalue weighted by Gasteiger charge is 2.06. The van der Waals surface area contributed by atoms with E-state index in [0.29, 0.717) is 17.3 Å². The molecule has 0 saturated carbocycles. The SMILES string of the molecule is CCc1nn(C)cc1CNc1cc(F)cc(Cl)c1. The number of benzene rings is 1. The number of hydrogen-bond donors (Lipinski definition) is 1. The van der Waals surface area contributed by atoms with Crippen LogP contribution in [0.5, 0.6) is 0 Å². The largest absolute Gasteiger partial charge is 0.381 e. The summed E-state index contributed by atoms with van der Waals surface area (Å²) < 4.78 is 14.9. The molecule has 1 aromatic carbocycles. The number of nitrogens with one attached hydrogen (secondary N) is 1. The van der Waals surface area contributed by atoms with Crippen LogP contribution in [0.4, 0.5) is 10.1 Å². The van der Waals surface area contributed by atoms with Gasteiger partial charge in [0.05, 0.1) is 5.69 Å². The second-order valence-corrected chi connectivity index (χ2v) is 4.58. The summed E-state index contributed by atoms with van der Waals surface area (Å²) in [6, 6.07) is 4.41. The van der Waals surface area contributed by atoms with Gasteiger partial charge in [0.2, 0.25) is 0 Å². The first-order valence-corrected chi connectivity index (χ1v) is 6.17. The predicted molar refractivity (Wildman–Crippen MR) is 71.3 cm³/mol. The van der Waals surface area contributed by atoms with E-state index < -0.39 is 0 Å². The number of nitrogens with zero attached hydrogens (tertiary/aromatic N) is 2. The molecule has 96 valence electrons. The van der Waals surface area contributed by atoms with E-state index in [0.717, 1.165) is 17.7 Å². The highest BCUT2D eigenvalue weighted by molar-refractivity contribution is 6.30. The van der Waals surface area contributed by atoms with Crippen LogP contribution in [-0.2, 0) is 20.0 Å². The second kappa shape index (κ2) is 5.40. The van der Waals surface area contributed by atoms with Crippen LogP contribution in [-0.4, -0.2) is 9.78 Å². The van der Waals surface area contributed by atoms with Gasteiger partial charge in [0.25, 0.3) is 0 Å². The summed E-state index contributed by atoms with van der Waals surface area (Å²) in [4.78, 5) is 0. The maximum Gasteiger partial charge on any atom is 0.126 e. The van der Waals surface area contributed by atoms with E-state index in [4.69, 9.17) is 11.6 Å². The monoisotopic (exact) mass is 267 g/mol. The lowest BCUT2D eigenvalue weighted by atomic mass is 10.2. The maximum absolute atomic E-state index is 13.2. The summed E-state index contributed by atoms with van der Waals surface area (Å²) in [6.45, 7) is 2.67. The third kappa shape index (κ3) is 3.01. The zero-order valence-electron chi connectivity index (χ0n) is 10.4. The zero-order chi connectivity index (χ0) is 13.1. The van der Waals surface area contributed by atoms with Crippen molar-refractivity contribution in [1.29, 1.82) is 0 Å². The molecule has 2 aromatic rings. The summed E-state index contributed by atoms with van der Waals surface area (Å²) >= 11 is 5.80. The predicted octanol–water partition coefficient (Wildman–Crippen LogP) is 3.39. The van der Waals surface area contributed by atoms with Gasteiger partial charge in [-0.15, -0.1) is 0 Å². The minimum atomic E-state index is -0.341. The van der Waals surface area contributed by atoms with Crippen molar-refractivity contribution in [2.24, 2.45) is 7.05 Å². The Labute approximate surface area is 111 Å². The molecule has 3 nitrogen and oxygen atoms in total. The molecule has 0 aliphatic heterocycles. The summed E-state index contributed by atoms with van der Waals surface area (Å²) in [5, 5.41) is 7.89. The van der Waals surface area contributed by atoms with Crippen LogP contribution < -0.4 is 5.32 Å². The van der Waals surface area contributed by atoms with Gasteiger partial charge in [-0.25, -0.2) is 4.39 Å². The summed E-state index contributed by atoms with van der Waals surface area (Å²) in [7, 11) is 1.89. The van der Waals surface area contributed by atoms with Crippen molar-refractivity contribution in [3.8, 4) is 0 Å². The van der Waals surface area contributed by atoms with Gasteiger partial charge in [-0.05, 0) is 24.6 Å². The van der Waals surface area contributed by atoms with Gasteiger partial charge in [0, 0.05) is 36.1 Å². The molecule has 1 N–H and O–H groups in total. The average Bonchev–Trinajstić information content (AvgIpc) is 2.66. The Balaban J connectivity index is 2.11. The van der Waals surface area contributed by atoms with Crippen molar-refractivity contribution in [2.45, 2.75) is 19.9 Å². The lowest BCUT2D eigenvalue weighted by Gasteiger charge is -2.06. The van der Waals surface area contributed by atoms with Crippen molar-refractivity contribution in [2.75, 3.05) is 5.32 Å². The van der Waals surface area contributed by atoms with Gasteiger partial charge >= 0.3 is 0 Å². The van der Waals surface area contributed by atoms with Crippen LogP contribution in [0.3, 0.4) is 0 Å². The molecule has 0 amide bonds. The molecule has 0 bridgehead atoms. The van der Waals surface area contributed by atoms with Crippen LogP contribution in [0, 0.1) is 5.82 Å². The van der Waals surface area contributed by atoms with E-state index in [9.17, 15) is 4.39 Å². The Morgan fingerprint density at radius 1 is 1.39 bits per heavy atom. The molecule has 1 heterocycles. The number of halogens is 2. The van der Waals surface area contributed by atoms with Crippen LogP contribution >= 0.6 is 11.6 Å². The fourth-order valence-corrected chi connectivity index (χ4v) is 2.10. The molecule has 0 spiro atoms. The fourth-order valence-electron chi connectivity index (χ4n) is 1.88. The summed E-state index contributed by atoms with van der Waals surface area (Å²) in [5.41, 5.74) is 2.83. The molecule has 0 aliphatic rings. The number of aryl methyl sites for hydroxylation is 2. The number of hydrogen-bond acceptors (Lipinski definition) is 2. The summed E-state index contributed by atoms with van der Waals surface area (Å²) in [5.74, 6) is -0.341. The molecule has 0 fully saturated rings. The van der Waals surface area contributed by atoms with Crippen molar-refractivity contribution < 1.29 is 4.39 Å². The molecule has 0 atom stereocenters. The molecule has 18 heavy (non-hydrogen) atoms. The third-order valence-corrected chi connectivity index (χ3v) is 2.89. The molecule has 1 aromatic heterocycles. The van der Waals surface area contributed by atoms with Gasteiger partial charge in [-0.3, -0.25) is 4.68 Å². The lowest BCUT2D eigenvalue weighted by molar-refractivity contribution is 0.628. The Hall–Kier alpha value is -1.55. The molecular formula is C13H15ClFN3. The Morgan fingerprint density at radius 3 is 2.83 bits per heavy atom. The molecule has 0 saturated heterocycles. The van der Waals surface area contributed by atoms with Gasteiger partial charge in [0.1, 0.15) is 5.82 Å². The van der Waals surface area contributed by atoms with Crippen LogP contribution in [0.25, 0.3) is 0 Å². The Kier molecular flexibility index (Phi) is 3.87. The van der Waals surface area contributed by atoms with E-state index in [2.05, 4.69) is 17.3 Å². The molecule has 0 radical (unpaired) electrons. The Morgan fingerprint density at radius 2 is 2.17 bits per heavy atom. The summed E-state index contributed by atoms with van der Waals surface area (Å²) in [6.07, 6.45) is 2.84. The van der Waals surface area contributed by atoms with Gasteiger partial charge in [-0.2, -0.15) is 5.10 Å². The van der Waals surface area contributed by atoms with Crippen molar-refractivity contribution in [1.82, 2.24) is 9.78 Å². The van der Waals surface area contributed by atoms with Crippen LogP contribution in [0.1, 0.15) is 18.2 Å². The van der Waals surface area contributed by atoms with E-state index in [-0.39, 0.29) is 5.82 Å². The average molecular weight is 268 g/mol. The molecule has 2 rings (SSSR count). The van der Waals surface area contributed by atoms with E-state index in [1.165, 1.54) is 12.1 Å². The van der Waals surface area contributed by atoms with E-state index in [1.54, 1.807) is 10.7 Å². The lowest BCUT2D eigenvalue weighted by Crippen LogP contribution is -2.01. The Bertz CT molecular complexity index is 531. The normalized spacial score (nSPS) is 10.7. The van der Waals surface area contributed by atoms with Gasteiger partial charge in [0.15, 0.2) is 0 Å². The van der Waals surface area contributed by atoms with Crippen molar-refractivity contribution >= 4 is 17.3 Å². The first kappa shape index (κ1) is 12.9.